The zero-order valence-corrected chi connectivity index (χ0v) is 19.0. The summed E-state index contributed by atoms with van der Waals surface area (Å²) in [5.41, 5.74) is 2.26. The zero-order valence-electron chi connectivity index (χ0n) is 18.2. The summed E-state index contributed by atoms with van der Waals surface area (Å²) >= 11 is 1.07. The van der Waals surface area contributed by atoms with Crippen molar-refractivity contribution in [3.8, 4) is 11.5 Å². The van der Waals surface area contributed by atoms with Crippen LogP contribution in [0.2, 0.25) is 0 Å². The first kappa shape index (κ1) is 21.4. The standard InChI is InChI=1S/C27H17F2N3O2S/c28-17-12-20(29)25-23(13-17)35-27(31-25)32(15-16-6-5-11-30-14-16)26(33)24-18-7-1-3-9-21(18)34-22-10-4-2-8-19(22)24/h1-14,24H,15H2. The van der Waals surface area contributed by atoms with Gasteiger partial charge in [0.15, 0.2) is 10.9 Å². The number of benzene rings is 3. The SMILES string of the molecule is O=C(C1c2ccccc2Oc2ccccc21)N(Cc1cccnc1)c1nc2c(F)cc(F)cc2s1. The molecule has 0 bridgehead atoms. The molecule has 0 fully saturated rings. The van der Waals surface area contributed by atoms with E-state index in [1.54, 1.807) is 18.5 Å². The normalized spacial score (nSPS) is 12.6. The van der Waals surface area contributed by atoms with Gasteiger partial charge in [0.2, 0.25) is 5.91 Å². The molecule has 5 aromatic rings. The minimum Gasteiger partial charge on any atom is -0.457 e. The number of nitrogens with zero attached hydrogens (tertiary/aromatic N) is 3. The van der Waals surface area contributed by atoms with Gasteiger partial charge in [-0.2, -0.15) is 0 Å². The zero-order chi connectivity index (χ0) is 23.9. The Morgan fingerprint density at radius 2 is 1.69 bits per heavy atom. The van der Waals surface area contributed by atoms with Crippen molar-refractivity contribution in [2.24, 2.45) is 0 Å². The molecule has 0 saturated carbocycles. The van der Waals surface area contributed by atoms with Gasteiger partial charge in [0.25, 0.3) is 0 Å². The van der Waals surface area contributed by atoms with Crippen molar-refractivity contribution in [3.63, 3.8) is 0 Å². The summed E-state index contributed by atoms with van der Waals surface area (Å²) in [6.45, 7) is 0.165. The highest BCUT2D eigenvalue weighted by Gasteiger charge is 2.36. The fourth-order valence-corrected chi connectivity index (χ4v) is 5.32. The van der Waals surface area contributed by atoms with Crippen LogP contribution in [-0.2, 0) is 11.3 Å². The van der Waals surface area contributed by atoms with Gasteiger partial charge in [-0.25, -0.2) is 13.8 Å². The number of thiazole rings is 1. The second-order valence-corrected chi connectivity index (χ2v) is 9.14. The molecule has 8 heteroatoms. The fraction of sp³-hybridized carbons (Fsp3) is 0.0741. The second kappa shape index (κ2) is 8.56. The van der Waals surface area contributed by atoms with E-state index in [9.17, 15) is 13.6 Å². The van der Waals surface area contributed by atoms with Gasteiger partial charge in [-0.05, 0) is 29.8 Å². The average Bonchev–Trinajstić information content (AvgIpc) is 3.30. The third kappa shape index (κ3) is 3.81. The number of rotatable bonds is 4. The minimum absolute atomic E-state index is 0.0307. The summed E-state index contributed by atoms with van der Waals surface area (Å²) in [4.78, 5) is 24.4. The summed E-state index contributed by atoms with van der Waals surface area (Å²) < 4.78 is 34.7. The fourth-order valence-electron chi connectivity index (χ4n) is 4.31. The first-order chi connectivity index (χ1) is 17.1. The van der Waals surface area contributed by atoms with Gasteiger partial charge in [-0.1, -0.05) is 53.8 Å². The predicted molar refractivity (Wildman–Crippen MR) is 130 cm³/mol. The Bertz CT molecular complexity index is 1530. The molecule has 0 spiro atoms. The number of pyridine rings is 1. The van der Waals surface area contributed by atoms with E-state index in [2.05, 4.69) is 9.97 Å². The van der Waals surface area contributed by atoms with Gasteiger partial charge in [0.05, 0.1) is 17.2 Å². The topological polar surface area (TPSA) is 55.3 Å². The number of halogens is 2. The quantitative estimate of drug-likeness (QED) is 0.294. The van der Waals surface area contributed by atoms with Gasteiger partial charge in [-0.3, -0.25) is 14.7 Å². The maximum atomic E-state index is 14.5. The number of hydrogen-bond donors (Lipinski definition) is 0. The van der Waals surface area contributed by atoms with Gasteiger partial charge < -0.3 is 4.74 Å². The summed E-state index contributed by atoms with van der Waals surface area (Å²) in [5.74, 6) is -1.18. The van der Waals surface area contributed by atoms with E-state index >= 15 is 0 Å². The number of amides is 1. The maximum absolute atomic E-state index is 14.5. The Morgan fingerprint density at radius 3 is 2.37 bits per heavy atom. The molecule has 0 aliphatic carbocycles. The molecule has 5 nitrogen and oxygen atoms in total. The van der Waals surface area contributed by atoms with Crippen molar-refractivity contribution in [2.75, 3.05) is 4.90 Å². The first-order valence-corrected chi connectivity index (χ1v) is 11.7. The summed E-state index contributed by atoms with van der Waals surface area (Å²) in [5, 5.41) is 0.278. The lowest BCUT2D eigenvalue weighted by Gasteiger charge is -2.31. The van der Waals surface area contributed by atoms with Crippen LogP contribution >= 0.6 is 11.3 Å². The van der Waals surface area contributed by atoms with Crippen LogP contribution in [0.1, 0.15) is 22.6 Å². The van der Waals surface area contributed by atoms with Crippen molar-refractivity contribution >= 4 is 32.6 Å². The van der Waals surface area contributed by atoms with Crippen LogP contribution in [-0.4, -0.2) is 15.9 Å². The molecule has 0 atom stereocenters. The maximum Gasteiger partial charge on any atom is 0.241 e. The van der Waals surface area contributed by atoms with Gasteiger partial charge >= 0.3 is 0 Å². The van der Waals surface area contributed by atoms with Crippen LogP contribution in [0.25, 0.3) is 10.2 Å². The molecule has 3 aromatic carbocycles. The molecule has 172 valence electrons. The summed E-state index contributed by atoms with van der Waals surface area (Å²) in [6, 6.07) is 20.5. The Kier molecular flexibility index (Phi) is 5.22. The van der Waals surface area contributed by atoms with Crippen molar-refractivity contribution < 1.29 is 18.3 Å². The minimum atomic E-state index is -0.766. The molecule has 1 amide bonds. The van der Waals surface area contributed by atoms with E-state index < -0.39 is 17.6 Å². The second-order valence-electron chi connectivity index (χ2n) is 8.13. The first-order valence-electron chi connectivity index (χ1n) is 10.9. The number of fused-ring (bicyclic) bond motifs is 3. The van der Waals surface area contributed by atoms with Crippen molar-refractivity contribution in [1.82, 2.24) is 9.97 Å². The molecule has 2 aromatic heterocycles. The lowest BCUT2D eigenvalue weighted by molar-refractivity contribution is -0.119. The third-order valence-corrected chi connectivity index (χ3v) is 6.91. The number of hydrogen-bond acceptors (Lipinski definition) is 5. The van der Waals surface area contributed by atoms with Crippen LogP contribution in [0.3, 0.4) is 0 Å². The van der Waals surface area contributed by atoms with Crippen LogP contribution in [0.4, 0.5) is 13.9 Å². The Labute approximate surface area is 203 Å². The van der Waals surface area contributed by atoms with E-state index in [1.807, 2.05) is 54.6 Å². The van der Waals surface area contributed by atoms with Crippen molar-refractivity contribution in [3.05, 3.63) is 114 Å². The molecule has 1 aliphatic rings. The van der Waals surface area contributed by atoms with Crippen LogP contribution in [0.5, 0.6) is 11.5 Å². The van der Waals surface area contributed by atoms with Crippen molar-refractivity contribution in [2.45, 2.75) is 12.5 Å². The van der Waals surface area contributed by atoms with Crippen LogP contribution < -0.4 is 9.64 Å². The Morgan fingerprint density at radius 1 is 0.971 bits per heavy atom. The molecule has 0 saturated heterocycles. The number of para-hydroxylation sites is 2. The number of anilines is 1. The molecule has 0 radical (unpaired) electrons. The largest absolute Gasteiger partial charge is 0.457 e. The van der Waals surface area contributed by atoms with E-state index in [1.165, 1.54) is 11.0 Å². The highest BCUT2D eigenvalue weighted by molar-refractivity contribution is 7.22. The van der Waals surface area contributed by atoms with E-state index in [0.717, 1.165) is 34.1 Å². The van der Waals surface area contributed by atoms with Crippen molar-refractivity contribution in [1.29, 1.82) is 0 Å². The molecule has 0 N–H and O–H groups in total. The monoisotopic (exact) mass is 485 g/mol. The van der Waals surface area contributed by atoms with Gasteiger partial charge in [0.1, 0.15) is 22.8 Å². The highest BCUT2D eigenvalue weighted by Crippen LogP contribution is 2.45. The van der Waals surface area contributed by atoms with Crippen LogP contribution in [0, 0.1) is 11.6 Å². The lowest BCUT2D eigenvalue weighted by atomic mass is 9.87. The predicted octanol–water partition coefficient (Wildman–Crippen LogP) is 6.44. The lowest BCUT2D eigenvalue weighted by Crippen LogP contribution is -2.36. The van der Waals surface area contributed by atoms with Gasteiger partial charge in [-0.15, -0.1) is 0 Å². The number of aromatic nitrogens is 2. The number of ether oxygens (including phenoxy) is 1. The molecule has 6 rings (SSSR count). The molecular formula is C27H17F2N3O2S. The average molecular weight is 486 g/mol. The molecule has 35 heavy (non-hydrogen) atoms. The summed E-state index contributed by atoms with van der Waals surface area (Å²) in [6.07, 6.45) is 3.32. The van der Waals surface area contributed by atoms with Crippen LogP contribution in [0.15, 0.2) is 85.2 Å². The van der Waals surface area contributed by atoms with E-state index in [-0.39, 0.29) is 23.1 Å². The van der Waals surface area contributed by atoms with E-state index in [0.29, 0.717) is 16.2 Å². The number of carbonyl (C=O) groups excluding carboxylic acids is 1. The Balaban J connectivity index is 1.51. The third-order valence-electron chi connectivity index (χ3n) is 5.89. The van der Waals surface area contributed by atoms with E-state index in [4.69, 9.17) is 4.74 Å². The van der Waals surface area contributed by atoms with Gasteiger partial charge in [0, 0.05) is 29.6 Å². The molecule has 1 aliphatic heterocycles. The summed E-state index contributed by atoms with van der Waals surface area (Å²) in [7, 11) is 0. The smallest absolute Gasteiger partial charge is 0.241 e. The molecule has 0 unspecified atom stereocenters. The molecular weight excluding hydrogens is 468 g/mol. The molecule has 3 heterocycles. The Hall–Kier alpha value is -4.17. The highest BCUT2D eigenvalue weighted by atomic mass is 32.1. The number of carbonyl (C=O) groups is 1.